The zero-order chi connectivity index (χ0) is 33.6. The number of anilines is 2. The van der Waals surface area contributed by atoms with Crippen LogP contribution < -0.4 is 16.0 Å². The van der Waals surface area contributed by atoms with Crippen LogP contribution in [0.2, 0.25) is 10.0 Å². The molecule has 0 saturated carbocycles. The number of hydrogen-bond donors (Lipinski definition) is 4. The van der Waals surface area contributed by atoms with E-state index >= 15 is 0 Å². The number of carbonyl (C=O) groups is 3. The van der Waals surface area contributed by atoms with E-state index in [-0.39, 0.29) is 11.6 Å². The van der Waals surface area contributed by atoms with Crippen molar-refractivity contribution in [1.82, 2.24) is 15.3 Å². The van der Waals surface area contributed by atoms with Gasteiger partial charge in [0, 0.05) is 49.8 Å². The zero-order valence-electron chi connectivity index (χ0n) is 25.3. The van der Waals surface area contributed by atoms with Gasteiger partial charge in [-0.05, 0) is 61.5 Å². The van der Waals surface area contributed by atoms with Gasteiger partial charge in [-0.2, -0.15) is 0 Å². The van der Waals surface area contributed by atoms with Crippen LogP contribution in [-0.2, 0) is 9.59 Å². The minimum Gasteiger partial charge on any atom is -0.361 e. The molecule has 4 N–H and O–H groups in total. The van der Waals surface area contributed by atoms with E-state index < -0.39 is 17.1 Å². The Balaban J connectivity index is 1.14. The highest BCUT2D eigenvalue weighted by Crippen LogP contribution is 2.32. The Morgan fingerprint density at radius 2 is 1.69 bits per heavy atom. The van der Waals surface area contributed by atoms with Crippen molar-refractivity contribution < 1.29 is 14.4 Å². The van der Waals surface area contributed by atoms with E-state index in [1.54, 1.807) is 73.8 Å². The summed E-state index contributed by atoms with van der Waals surface area (Å²) in [4.78, 5) is 48.2. The largest absolute Gasteiger partial charge is 0.361 e. The van der Waals surface area contributed by atoms with Gasteiger partial charge >= 0.3 is 0 Å². The molecule has 0 bridgehead atoms. The Kier molecular flexibility index (Phi) is 10.3. The Morgan fingerprint density at radius 3 is 2.50 bits per heavy atom. The second-order valence-electron chi connectivity index (χ2n) is 10.6. The molecule has 0 fully saturated rings. The van der Waals surface area contributed by atoms with Crippen LogP contribution >= 0.6 is 46.3 Å². The van der Waals surface area contributed by atoms with E-state index in [1.807, 2.05) is 47.8 Å². The molecular formula is C36H27Cl2N5O3S2. The van der Waals surface area contributed by atoms with Crippen LogP contribution in [0, 0.1) is 0 Å². The van der Waals surface area contributed by atoms with Gasteiger partial charge in [-0.25, -0.2) is 4.98 Å². The van der Waals surface area contributed by atoms with E-state index in [0.29, 0.717) is 32.1 Å². The first kappa shape index (κ1) is 33.0. The average Bonchev–Trinajstić information content (AvgIpc) is 3.73. The van der Waals surface area contributed by atoms with Gasteiger partial charge in [0.25, 0.3) is 11.8 Å². The summed E-state index contributed by atoms with van der Waals surface area (Å²) in [6, 6.07) is 28.8. The minimum atomic E-state index is -0.501. The van der Waals surface area contributed by atoms with Crippen LogP contribution in [0.1, 0.15) is 22.8 Å². The smallest absolute Gasteiger partial charge is 0.272 e. The molecule has 0 radical (unpaired) electrons. The number of thiazole rings is 1. The van der Waals surface area contributed by atoms with Crippen molar-refractivity contribution >= 4 is 91.8 Å². The summed E-state index contributed by atoms with van der Waals surface area (Å²) in [5.41, 5.74) is 4.12. The van der Waals surface area contributed by atoms with Gasteiger partial charge < -0.3 is 20.9 Å². The number of H-pyrrole nitrogens is 1. The number of fused-ring (bicyclic) bond motifs is 1. The lowest BCUT2D eigenvalue weighted by Gasteiger charge is -2.13. The third kappa shape index (κ3) is 7.98. The summed E-state index contributed by atoms with van der Waals surface area (Å²) in [6.07, 6.45) is 3.43. The van der Waals surface area contributed by atoms with Crippen molar-refractivity contribution in [3.8, 4) is 11.3 Å². The maximum atomic E-state index is 13.6. The lowest BCUT2D eigenvalue weighted by molar-refractivity contribution is -0.115. The molecule has 1 unspecified atom stereocenters. The molecule has 0 aliphatic carbocycles. The van der Waals surface area contributed by atoms with E-state index in [1.165, 1.54) is 23.1 Å². The van der Waals surface area contributed by atoms with Crippen LogP contribution in [0.5, 0.6) is 0 Å². The maximum absolute atomic E-state index is 13.6. The van der Waals surface area contributed by atoms with E-state index in [0.717, 1.165) is 26.9 Å². The number of amides is 3. The Bertz CT molecular complexity index is 2160. The van der Waals surface area contributed by atoms with Crippen molar-refractivity contribution in [3.63, 3.8) is 0 Å². The van der Waals surface area contributed by atoms with Gasteiger partial charge in [0.2, 0.25) is 5.91 Å². The molecule has 4 aromatic carbocycles. The van der Waals surface area contributed by atoms with Crippen LogP contribution in [0.4, 0.5) is 10.8 Å². The molecule has 12 heteroatoms. The first-order valence-electron chi connectivity index (χ1n) is 14.7. The molecule has 0 spiro atoms. The first-order valence-corrected chi connectivity index (χ1v) is 17.2. The number of thioether (sulfide) groups is 1. The molecule has 3 amide bonds. The van der Waals surface area contributed by atoms with Crippen LogP contribution in [0.3, 0.4) is 0 Å². The molecule has 240 valence electrons. The topological polar surface area (TPSA) is 116 Å². The maximum Gasteiger partial charge on any atom is 0.272 e. The fourth-order valence-electron chi connectivity index (χ4n) is 4.74. The van der Waals surface area contributed by atoms with Crippen LogP contribution in [0.25, 0.3) is 28.2 Å². The summed E-state index contributed by atoms with van der Waals surface area (Å²) in [7, 11) is 0. The lowest BCUT2D eigenvalue weighted by atomic mass is 10.1. The normalized spacial score (nSPS) is 12.0. The van der Waals surface area contributed by atoms with Gasteiger partial charge in [-0.15, -0.1) is 23.1 Å². The quantitative estimate of drug-likeness (QED) is 0.0836. The Hall–Kier alpha value is -4.87. The number of rotatable bonds is 10. The third-order valence-corrected chi connectivity index (χ3v) is 9.76. The van der Waals surface area contributed by atoms with E-state index in [4.69, 9.17) is 23.2 Å². The minimum absolute atomic E-state index is 0.0723. The zero-order valence-corrected chi connectivity index (χ0v) is 28.4. The first-order chi connectivity index (χ1) is 23.2. The molecule has 1 atom stereocenters. The number of nitrogens with zero attached hydrogens (tertiary/aromatic N) is 1. The summed E-state index contributed by atoms with van der Waals surface area (Å²) in [5.74, 6) is -1.14. The number of carbonyl (C=O) groups excluding carboxylic acids is 3. The summed E-state index contributed by atoms with van der Waals surface area (Å²) >= 11 is 14.8. The van der Waals surface area contributed by atoms with Gasteiger partial charge in [-0.1, -0.05) is 71.7 Å². The highest BCUT2D eigenvalue weighted by molar-refractivity contribution is 8.00. The standard InChI is InChI=1S/C36H27Cl2N5O3S2/c1-21(33(44)43-36-42-32(20-47-36)23-14-15-28(37)29(38)16-23)48-26-11-7-10-25(18-26)40-35(46)31(41-34(45)22-8-3-2-4-9-22)17-24-19-39-30-13-6-5-12-27(24)30/h2-21,39H,1H3,(H,40,46)(H,41,45)(H,42,43,44)/b31-17-. The van der Waals surface area contributed by atoms with Gasteiger partial charge in [-0.3, -0.25) is 14.4 Å². The average molecular weight is 713 g/mol. The SMILES string of the molecule is CC(Sc1cccc(NC(=O)/C(=C/c2c[nH]c3ccccc23)NC(=O)c2ccccc2)c1)C(=O)Nc1nc(-c2ccc(Cl)c(Cl)c2)cs1. The molecule has 6 aromatic rings. The van der Waals surface area contributed by atoms with Gasteiger partial charge in [0.05, 0.1) is 21.0 Å². The van der Waals surface area contributed by atoms with E-state index in [2.05, 4.69) is 25.9 Å². The molecule has 48 heavy (non-hydrogen) atoms. The fourth-order valence-corrected chi connectivity index (χ4v) is 6.69. The molecule has 8 nitrogen and oxygen atoms in total. The van der Waals surface area contributed by atoms with Crippen LogP contribution in [-0.4, -0.2) is 32.9 Å². The van der Waals surface area contributed by atoms with Crippen molar-refractivity contribution in [3.05, 3.63) is 136 Å². The van der Waals surface area contributed by atoms with Crippen molar-refractivity contribution in [2.75, 3.05) is 10.6 Å². The van der Waals surface area contributed by atoms with Crippen molar-refractivity contribution in [1.29, 1.82) is 0 Å². The molecule has 0 aliphatic rings. The summed E-state index contributed by atoms with van der Waals surface area (Å²) in [6.45, 7) is 1.79. The molecule has 2 heterocycles. The number of benzene rings is 4. The fraction of sp³-hybridized carbons (Fsp3) is 0.0556. The molecule has 0 aliphatic heterocycles. The second kappa shape index (κ2) is 14.9. The number of nitrogens with one attached hydrogen (secondary N) is 4. The third-order valence-electron chi connectivity index (χ3n) is 7.17. The number of hydrogen-bond acceptors (Lipinski definition) is 6. The van der Waals surface area contributed by atoms with E-state index in [9.17, 15) is 14.4 Å². The Morgan fingerprint density at radius 1 is 0.896 bits per heavy atom. The number of aromatic amines is 1. The summed E-state index contributed by atoms with van der Waals surface area (Å²) in [5, 5.41) is 12.2. The van der Waals surface area contributed by atoms with Gasteiger partial charge in [0.1, 0.15) is 5.70 Å². The van der Waals surface area contributed by atoms with Crippen molar-refractivity contribution in [2.45, 2.75) is 17.1 Å². The molecular weight excluding hydrogens is 685 g/mol. The van der Waals surface area contributed by atoms with Crippen molar-refractivity contribution in [2.24, 2.45) is 0 Å². The lowest BCUT2D eigenvalue weighted by Crippen LogP contribution is -2.30. The molecule has 2 aromatic heterocycles. The predicted octanol–water partition coefficient (Wildman–Crippen LogP) is 9.13. The number of halogens is 2. The molecule has 0 saturated heterocycles. The Labute approximate surface area is 294 Å². The van der Waals surface area contributed by atoms with Crippen LogP contribution in [0.15, 0.2) is 119 Å². The number of aromatic nitrogens is 2. The molecule has 6 rings (SSSR count). The van der Waals surface area contributed by atoms with Gasteiger partial charge in [0.15, 0.2) is 5.13 Å². The predicted molar refractivity (Wildman–Crippen MR) is 197 cm³/mol. The number of para-hydroxylation sites is 1. The monoisotopic (exact) mass is 711 g/mol. The summed E-state index contributed by atoms with van der Waals surface area (Å²) < 4.78 is 0. The second-order valence-corrected chi connectivity index (χ2v) is 13.7. The highest BCUT2D eigenvalue weighted by atomic mass is 35.5. The highest BCUT2D eigenvalue weighted by Gasteiger charge is 2.19.